The molecule has 1 saturated heterocycles. The van der Waals surface area contributed by atoms with Gasteiger partial charge in [0.1, 0.15) is 12.4 Å². The van der Waals surface area contributed by atoms with E-state index in [0.717, 1.165) is 10.9 Å². The third-order valence-corrected chi connectivity index (χ3v) is 4.69. The van der Waals surface area contributed by atoms with E-state index in [1.54, 1.807) is 11.1 Å². The van der Waals surface area contributed by atoms with E-state index in [1.807, 2.05) is 31.2 Å². The Bertz CT molecular complexity index is 956. The Morgan fingerprint density at radius 2 is 2.23 bits per heavy atom. The lowest BCUT2D eigenvalue weighted by molar-refractivity contribution is 0.0772. The number of rotatable bonds is 4. The minimum absolute atomic E-state index is 0.0387. The molecule has 1 amide bonds. The number of aromatic amines is 1. The maximum Gasteiger partial charge on any atom is 0.256 e. The second-order valence-corrected chi connectivity index (χ2v) is 6.32. The van der Waals surface area contributed by atoms with Gasteiger partial charge in [-0.2, -0.15) is 9.37 Å². The van der Waals surface area contributed by atoms with E-state index in [4.69, 9.17) is 4.74 Å². The fraction of sp³-hybridized carbons (Fsp3) is 0.316. The zero-order valence-corrected chi connectivity index (χ0v) is 14.4. The van der Waals surface area contributed by atoms with Gasteiger partial charge in [-0.15, -0.1) is 0 Å². The SMILES string of the molecule is CCc1ncnc(O[C@@H]2CCN(C(=O)c3c[nH]c4ccccc34)C2)c1F. The van der Waals surface area contributed by atoms with Gasteiger partial charge in [-0.05, 0) is 12.5 Å². The van der Waals surface area contributed by atoms with Crippen molar-refractivity contribution in [1.82, 2.24) is 19.9 Å². The Balaban J connectivity index is 1.48. The predicted molar refractivity (Wildman–Crippen MR) is 94.6 cm³/mol. The van der Waals surface area contributed by atoms with Gasteiger partial charge in [0.05, 0.1) is 17.8 Å². The molecule has 0 radical (unpaired) electrons. The first-order valence-electron chi connectivity index (χ1n) is 8.68. The Labute approximate surface area is 150 Å². The summed E-state index contributed by atoms with van der Waals surface area (Å²) in [6, 6.07) is 7.69. The lowest BCUT2D eigenvalue weighted by Crippen LogP contribution is -2.31. The third kappa shape index (κ3) is 2.89. The fourth-order valence-electron chi connectivity index (χ4n) is 3.30. The summed E-state index contributed by atoms with van der Waals surface area (Å²) in [6.45, 7) is 2.80. The predicted octanol–water partition coefficient (Wildman–Crippen LogP) is 2.95. The monoisotopic (exact) mass is 354 g/mol. The van der Waals surface area contributed by atoms with Crippen molar-refractivity contribution in [3.8, 4) is 5.88 Å². The summed E-state index contributed by atoms with van der Waals surface area (Å²) in [7, 11) is 0. The standard InChI is InChI=1S/C19H19FN4O2/c1-2-15-17(20)18(23-11-22-15)26-12-7-8-24(10-12)19(25)14-9-21-16-6-4-3-5-13(14)16/h3-6,9,11-12,21H,2,7-8,10H2,1H3/t12-/m1/s1. The number of likely N-dealkylation sites (tertiary alicyclic amines) is 1. The number of para-hydroxylation sites is 1. The van der Waals surface area contributed by atoms with E-state index < -0.39 is 5.82 Å². The number of nitrogens with one attached hydrogen (secondary N) is 1. The number of hydrogen-bond donors (Lipinski definition) is 1. The molecule has 0 aliphatic carbocycles. The van der Waals surface area contributed by atoms with Crippen LogP contribution < -0.4 is 4.74 Å². The molecule has 0 bridgehead atoms. The van der Waals surface area contributed by atoms with Gasteiger partial charge >= 0.3 is 0 Å². The van der Waals surface area contributed by atoms with Gasteiger partial charge in [0.15, 0.2) is 0 Å². The van der Waals surface area contributed by atoms with Crippen LogP contribution in [-0.2, 0) is 6.42 Å². The number of carbonyl (C=O) groups is 1. The molecule has 1 aliphatic heterocycles. The highest BCUT2D eigenvalue weighted by molar-refractivity contribution is 6.06. The van der Waals surface area contributed by atoms with Crippen LogP contribution in [0.4, 0.5) is 4.39 Å². The van der Waals surface area contributed by atoms with Crippen molar-refractivity contribution in [3.63, 3.8) is 0 Å². The van der Waals surface area contributed by atoms with Gasteiger partial charge in [0.25, 0.3) is 11.8 Å². The fourth-order valence-corrected chi connectivity index (χ4v) is 3.30. The van der Waals surface area contributed by atoms with Crippen molar-refractivity contribution in [2.24, 2.45) is 0 Å². The average Bonchev–Trinajstić information content (AvgIpc) is 3.30. The van der Waals surface area contributed by atoms with Crippen molar-refractivity contribution in [2.45, 2.75) is 25.9 Å². The molecule has 0 spiro atoms. The molecule has 7 heteroatoms. The quantitative estimate of drug-likeness (QED) is 0.782. The second kappa shape index (κ2) is 6.74. The Morgan fingerprint density at radius 1 is 1.38 bits per heavy atom. The number of fused-ring (bicyclic) bond motifs is 1. The first kappa shape index (κ1) is 16.5. The number of halogens is 1. The van der Waals surface area contributed by atoms with Gasteiger partial charge in [-0.3, -0.25) is 4.79 Å². The molecule has 0 unspecified atom stereocenters. The lowest BCUT2D eigenvalue weighted by atomic mass is 10.1. The normalized spacial score (nSPS) is 17.0. The Morgan fingerprint density at radius 3 is 3.08 bits per heavy atom. The summed E-state index contributed by atoms with van der Waals surface area (Å²) < 4.78 is 20.0. The first-order valence-corrected chi connectivity index (χ1v) is 8.68. The molecule has 1 aromatic carbocycles. The first-order chi connectivity index (χ1) is 12.7. The number of carbonyl (C=O) groups excluding carboxylic acids is 1. The number of amides is 1. The molecule has 4 rings (SSSR count). The summed E-state index contributed by atoms with van der Waals surface area (Å²) in [4.78, 5) is 25.5. The molecular weight excluding hydrogens is 335 g/mol. The maximum atomic E-state index is 14.2. The van der Waals surface area contributed by atoms with E-state index >= 15 is 0 Å². The Hall–Kier alpha value is -2.96. The third-order valence-electron chi connectivity index (χ3n) is 4.69. The van der Waals surface area contributed by atoms with Gasteiger partial charge in [0.2, 0.25) is 5.82 Å². The molecule has 26 heavy (non-hydrogen) atoms. The number of benzene rings is 1. The molecule has 3 aromatic rings. The van der Waals surface area contributed by atoms with Crippen molar-refractivity contribution in [3.05, 3.63) is 53.9 Å². The van der Waals surface area contributed by atoms with Gasteiger partial charge < -0.3 is 14.6 Å². The number of H-pyrrole nitrogens is 1. The van der Waals surface area contributed by atoms with Crippen LogP contribution in [0.3, 0.4) is 0 Å². The maximum absolute atomic E-state index is 14.2. The zero-order valence-electron chi connectivity index (χ0n) is 14.4. The van der Waals surface area contributed by atoms with Crippen LogP contribution in [0.15, 0.2) is 36.8 Å². The highest BCUT2D eigenvalue weighted by Gasteiger charge is 2.30. The van der Waals surface area contributed by atoms with Crippen LogP contribution in [0.1, 0.15) is 29.4 Å². The van der Waals surface area contributed by atoms with Gasteiger partial charge in [-0.25, -0.2) is 4.98 Å². The van der Waals surface area contributed by atoms with Crippen LogP contribution >= 0.6 is 0 Å². The summed E-state index contributed by atoms with van der Waals surface area (Å²) in [5.74, 6) is -0.606. The zero-order chi connectivity index (χ0) is 18.1. The summed E-state index contributed by atoms with van der Waals surface area (Å²) in [6.07, 6.45) is 3.87. The van der Waals surface area contributed by atoms with Crippen molar-refractivity contribution < 1.29 is 13.9 Å². The number of ether oxygens (including phenoxy) is 1. The summed E-state index contributed by atoms with van der Waals surface area (Å²) in [5.41, 5.74) is 1.90. The molecule has 1 aliphatic rings. The molecule has 1 N–H and O–H groups in total. The van der Waals surface area contributed by atoms with Gasteiger partial charge in [0, 0.05) is 30.1 Å². The van der Waals surface area contributed by atoms with E-state index in [-0.39, 0.29) is 17.9 Å². The average molecular weight is 354 g/mol. The van der Waals surface area contributed by atoms with Crippen molar-refractivity contribution in [2.75, 3.05) is 13.1 Å². The molecule has 2 aromatic heterocycles. The van der Waals surface area contributed by atoms with Crippen LogP contribution in [-0.4, -0.2) is 45.0 Å². The highest BCUT2D eigenvalue weighted by atomic mass is 19.1. The second-order valence-electron chi connectivity index (χ2n) is 6.32. The number of hydrogen-bond acceptors (Lipinski definition) is 4. The molecule has 134 valence electrons. The van der Waals surface area contributed by atoms with E-state index in [9.17, 15) is 9.18 Å². The summed E-state index contributed by atoms with van der Waals surface area (Å²) in [5, 5.41) is 0.899. The Kier molecular flexibility index (Phi) is 4.28. The molecule has 6 nitrogen and oxygen atoms in total. The van der Waals surface area contributed by atoms with E-state index in [1.165, 1.54) is 6.33 Å². The molecule has 0 saturated carbocycles. The topological polar surface area (TPSA) is 71.1 Å². The lowest BCUT2D eigenvalue weighted by Gasteiger charge is -2.17. The molecule has 1 fully saturated rings. The number of nitrogens with zero attached hydrogens (tertiary/aromatic N) is 3. The highest BCUT2D eigenvalue weighted by Crippen LogP contribution is 2.24. The molecular formula is C19H19FN4O2. The van der Waals surface area contributed by atoms with Crippen molar-refractivity contribution in [1.29, 1.82) is 0 Å². The van der Waals surface area contributed by atoms with Crippen LogP contribution in [0, 0.1) is 5.82 Å². The molecule has 1 atom stereocenters. The smallest absolute Gasteiger partial charge is 0.256 e. The minimum atomic E-state index is -0.517. The van der Waals surface area contributed by atoms with Crippen LogP contribution in [0.25, 0.3) is 10.9 Å². The van der Waals surface area contributed by atoms with Gasteiger partial charge in [-0.1, -0.05) is 25.1 Å². The van der Waals surface area contributed by atoms with E-state index in [2.05, 4.69) is 15.0 Å². The minimum Gasteiger partial charge on any atom is -0.470 e. The number of aryl methyl sites for hydroxylation is 1. The number of aromatic nitrogens is 3. The largest absolute Gasteiger partial charge is 0.470 e. The summed E-state index contributed by atoms with van der Waals surface area (Å²) >= 11 is 0. The molecule has 3 heterocycles. The van der Waals surface area contributed by atoms with Crippen molar-refractivity contribution >= 4 is 16.8 Å². The van der Waals surface area contributed by atoms with Crippen LogP contribution in [0.2, 0.25) is 0 Å². The van der Waals surface area contributed by atoms with Crippen LogP contribution in [0.5, 0.6) is 5.88 Å². The van der Waals surface area contributed by atoms with E-state index in [0.29, 0.717) is 37.2 Å².